The summed E-state index contributed by atoms with van der Waals surface area (Å²) in [5.74, 6) is 0.300. The van der Waals surface area contributed by atoms with Crippen LogP contribution in [-0.4, -0.2) is 26.7 Å². The molecule has 0 aliphatic rings. The number of ether oxygens (including phenoxy) is 1. The molecule has 0 atom stereocenters. The lowest BCUT2D eigenvalue weighted by Crippen LogP contribution is -2.15. The van der Waals surface area contributed by atoms with Crippen molar-refractivity contribution in [3.05, 3.63) is 93.0 Å². The molecule has 0 heterocycles. The SMILES string of the molecule is COc1ccccc1NS(=O)(=O)c1cc([N+](=O)[O-])ccc1N/N=C\C(Br)=C\c1ccccc1. The quantitative estimate of drug-likeness (QED) is 0.221. The molecule has 33 heavy (non-hydrogen) atoms. The van der Waals surface area contributed by atoms with Gasteiger partial charge in [-0.2, -0.15) is 5.10 Å². The van der Waals surface area contributed by atoms with Crippen LogP contribution in [0.15, 0.2) is 87.3 Å². The summed E-state index contributed by atoms with van der Waals surface area (Å²) >= 11 is 3.37. The van der Waals surface area contributed by atoms with Gasteiger partial charge in [-0.15, -0.1) is 0 Å². The van der Waals surface area contributed by atoms with Gasteiger partial charge in [0.15, 0.2) is 0 Å². The van der Waals surface area contributed by atoms with Gasteiger partial charge in [-0.1, -0.05) is 42.5 Å². The second-order valence-electron chi connectivity index (χ2n) is 6.55. The summed E-state index contributed by atoms with van der Waals surface area (Å²) in [5.41, 5.74) is 3.45. The minimum absolute atomic E-state index is 0.0549. The molecule has 0 radical (unpaired) electrons. The topological polar surface area (TPSA) is 123 Å². The van der Waals surface area contributed by atoms with E-state index >= 15 is 0 Å². The molecule has 0 amide bonds. The van der Waals surface area contributed by atoms with Gasteiger partial charge >= 0.3 is 0 Å². The molecule has 170 valence electrons. The highest BCUT2D eigenvalue weighted by Gasteiger charge is 2.23. The Morgan fingerprint density at radius 3 is 2.45 bits per heavy atom. The number of rotatable bonds is 9. The second-order valence-corrected chi connectivity index (χ2v) is 9.12. The molecule has 0 saturated carbocycles. The molecule has 0 bridgehead atoms. The van der Waals surface area contributed by atoms with Gasteiger partial charge in [-0.25, -0.2) is 8.42 Å². The number of methoxy groups -OCH3 is 1. The van der Waals surface area contributed by atoms with E-state index in [0.29, 0.717) is 10.2 Å². The second kappa shape index (κ2) is 10.7. The Balaban J connectivity index is 1.91. The predicted octanol–water partition coefficient (Wildman–Crippen LogP) is 5.24. The Morgan fingerprint density at radius 1 is 1.06 bits per heavy atom. The van der Waals surface area contributed by atoms with Crippen LogP contribution in [0.1, 0.15) is 5.56 Å². The molecule has 2 N–H and O–H groups in total. The lowest BCUT2D eigenvalue weighted by atomic mass is 10.2. The normalized spacial score (nSPS) is 11.9. The molecule has 0 fully saturated rings. The Bertz CT molecular complexity index is 1310. The number of hydrogen-bond acceptors (Lipinski definition) is 7. The number of non-ortho nitro benzene ring substituents is 1. The number of para-hydroxylation sites is 2. The summed E-state index contributed by atoms with van der Waals surface area (Å²) in [5, 5.41) is 15.3. The maximum atomic E-state index is 13.1. The third-order valence-electron chi connectivity index (χ3n) is 4.29. The van der Waals surface area contributed by atoms with Crippen molar-refractivity contribution in [2.45, 2.75) is 4.90 Å². The number of sulfonamides is 1. The van der Waals surface area contributed by atoms with E-state index in [1.54, 1.807) is 18.2 Å². The highest BCUT2D eigenvalue weighted by atomic mass is 79.9. The number of nitro benzene ring substituents is 1. The monoisotopic (exact) mass is 530 g/mol. The van der Waals surface area contributed by atoms with Crippen molar-refractivity contribution in [2.75, 3.05) is 17.3 Å². The molecule has 0 aromatic heterocycles. The van der Waals surface area contributed by atoms with Crippen molar-refractivity contribution in [1.29, 1.82) is 0 Å². The zero-order valence-corrected chi connectivity index (χ0v) is 19.7. The Kier molecular flexibility index (Phi) is 7.80. The first-order valence-electron chi connectivity index (χ1n) is 9.46. The van der Waals surface area contributed by atoms with Crippen LogP contribution in [0.2, 0.25) is 0 Å². The van der Waals surface area contributed by atoms with E-state index in [9.17, 15) is 18.5 Å². The molecule has 0 aliphatic carbocycles. The van der Waals surface area contributed by atoms with E-state index in [4.69, 9.17) is 4.74 Å². The minimum Gasteiger partial charge on any atom is -0.495 e. The van der Waals surface area contributed by atoms with Crippen molar-refractivity contribution in [3.8, 4) is 5.75 Å². The highest BCUT2D eigenvalue weighted by molar-refractivity contribution is 9.12. The van der Waals surface area contributed by atoms with Crippen LogP contribution in [-0.2, 0) is 10.0 Å². The lowest BCUT2D eigenvalue weighted by molar-refractivity contribution is -0.385. The van der Waals surface area contributed by atoms with E-state index in [-0.39, 0.29) is 22.0 Å². The Morgan fingerprint density at radius 2 is 1.76 bits per heavy atom. The van der Waals surface area contributed by atoms with E-state index in [2.05, 4.69) is 31.2 Å². The van der Waals surface area contributed by atoms with Crippen LogP contribution in [0.5, 0.6) is 5.75 Å². The number of nitrogens with one attached hydrogen (secondary N) is 2. The van der Waals surface area contributed by atoms with Crippen LogP contribution >= 0.6 is 15.9 Å². The van der Waals surface area contributed by atoms with Crippen molar-refractivity contribution in [3.63, 3.8) is 0 Å². The Hall–Kier alpha value is -3.70. The molecule has 0 spiro atoms. The fourth-order valence-corrected chi connectivity index (χ4v) is 4.39. The molecule has 9 nitrogen and oxygen atoms in total. The number of allylic oxidation sites excluding steroid dienone is 1. The van der Waals surface area contributed by atoms with Gasteiger partial charge in [0.1, 0.15) is 10.6 Å². The molecule has 0 unspecified atom stereocenters. The lowest BCUT2D eigenvalue weighted by Gasteiger charge is -2.14. The molecule has 11 heteroatoms. The van der Waals surface area contributed by atoms with Crippen molar-refractivity contribution < 1.29 is 18.1 Å². The first-order chi connectivity index (χ1) is 15.8. The predicted molar refractivity (Wildman–Crippen MR) is 132 cm³/mol. The van der Waals surface area contributed by atoms with Crippen LogP contribution < -0.4 is 14.9 Å². The third-order valence-corrected chi connectivity index (χ3v) is 6.13. The number of nitrogens with zero attached hydrogens (tertiary/aromatic N) is 2. The summed E-state index contributed by atoms with van der Waals surface area (Å²) in [6.07, 6.45) is 3.26. The number of benzene rings is 3. The van der Waals surface area contributed by atoms with E-state index in [0.717, 1.165) is 11.6 Å². The smallest absolute Gasteiger partial charge is 0.270 e. The van der Waals surface area contributed by atoms with Crippen molar-refractivity contribution in [2.24, 2.45) is 5.10 Å². The number of anilines is 2. The summed E-state index contributed by atoms with van der Waals surface area (Å²) in [6, 6.07) is 19.4. The zero-order chi connectivity index (χ0) is 23.8. The van der Waals surface area contributed by atoms with Gasteiger partial charge in [0, 0.05) is 16.6 Å². The largest absolute Gasteiger partial charge is 0.495 e. The molecule has 0 saturated heterocycles. The van der Waals surface area contributed by atoms with Gasteiger partial charge in [0.2, 0.25) is 0 Å². The van der Waals surface area contributed by atoms with Crippen molar-refractivity contribution in [1.82, 2.24) is 0 Å². The molecular formula is C22H19BrN4O5S. The van der Waals surface area contributed by atoms with Crippen molar-refractivity contribution >= 4 is 55.3 Å². The first-order valence-corrected chi connectivity index (χ1v) is 11.7. The van der Waals surface area contributed by atoms with Crippen LogP contribution in [0, 0.1) is 10.1 Å². The molecule has 3 aromatic rings. The summed E-state index contributed by atoms with van der Waals surface area (Å²) in [6.45, 7) is 0. The number of halogens is 1. The molecule has 0 aliphatic heterocycles. The first kappa shape index (κ1) is 24.0. The average Bonchev–Trinajstić information content (AvgIpc) is 2.80. The molecule has 3 rings (SSSR count). The van der Waals surface area contributed by atoms with E-state index in [1.165, 1.54) is 31.5 Å². The number of hydrogen-bond donors (Lipinski definition) is 2. The highest BCUT2D eigenvalue weighted by Crippen LogP contribution is 2.31. The number of nitro groups is 1. The summed E-state index contributed by atoms with van der Waals surface area (Å²) in [7, 11) is -2.82. The number of hydrazone groups is 1. The maximum Gasteiger partial charge on any atom is 0.270 e. The fraction of sp³-hybridized carbons (Fsp3) is 0.0455. The molecule has 3 aromatic carbocycles. The van der Waals surface area contributed by atoms with Crippen LogP contribution in [0.25, 0.3) is 6.08 Å². The van der Waals surface area contributed by atoms with Gasteiger partial charge in [0.25, 0.3) is 15.7 Å². The van der Waals surface area contributed by atoms with E-state index in [1.807, 2.05) is 36.4 Å². The van der Waals surface area contributed by atoms with Crippen LogP contribution in [0.4, 0.5) is 17.1 Å². The standard InChI is InChI=1S/C22H19BrN4O5S/c1-32-21-10-6-5-9-19(21)26-33(30,31)22-14-18(27(28)29)11-12-20(22)25-24-15-17(23)13-16-7-3-2-4-8-16/h2-15,25-26H,1H3/b17-13-,24-15-. The van der Waals surface area contributed by atoms with Gasteiger partial charge in [0.05, 0.1) is 29.6 Å². The minimum atomic E-state index is -4.23. The van der Waals surface area contributed by atoms with Gasteiger partial charge in [-0.05, 0) is 45.8 Å². The van der Waals surface area contributed by atoms with Gasteiger partial charge in [-0.3, -0.25) is 20.3 Å². The summed E-state index contributed by atoms with van der Waals surface area (Å²) in [4.78, 5) is 10.2. The maximum absolute atomic E-state index is 13.1. The fourth-order valence-electron chi connectivity index (χ4n) is 2.78. The van der Waals surface area contributed by atoms with Gasteiger partial charge < -0.3 is 4.74 Å². The molecular weight excluding hydrogens is 512 g/mol. The van der Waals surface area contributed by atoms with E-state index < -0.39 is 14.9 Å². The Labute approximate surface area is 199 Å². The zero-order valence-electron chi connectivity index (χ0n) is 17.3. The van der Waals surface area contributed by atoms with Crippen LogP contribution in [0.3, 0.4) is 0 Å². The average molecular weight is 531 g/mol. The summed E-state index contributed by atoms with van der Waals surface area (Å²) < 4.78 is 34.4. The third kappa shape index (κ3) is 6.40.